The van der Waals surface area contributed by atoms with Crippen LogP contribution in [-0.4, -0.2) is 43.2 Å². The molecular formula is C20H21NO5. The summed E-state index contributed by atoms with van der Waals surface area (Å²) in [6.45, 7) is 2.45. The highest BCUT2D eigenvalue weighted by Crippen LogP contribution is 2.29. The number of carbonyl (C=O) groups is 1. The first-order valence-electron chi connectivity index (χ1n) is 8.24. The summed E-state index contributed by atoms with van der Waals surface area (Å²) in [6, 6.07) is 12.1. The van der Waals surface area contributed by atoms with E-state index in [1.807, 2.05) is 24.3 Å². The summed E-state index contributed by atoms with van der Waals surface area (Å²) in [5.41, 5.74) is 1.03. The molecule has 0 aliphatic carbocycles. The Morgan fingerprint density at radius 3 is 2.65 bits per heavy atom. The number of fused-ring (bicyclic) bond motifs is 1. The summed E-state index contributed by atoms with van der Waals surface area (Å²) in [6.07, 6.45) is 0. The van der Waals surface area contributed by atoms with Crippen molar-refractivity contribution in [1.82, 2.24) is 4.90 Å². The SMILES string of the molecule is COc1ccccc1OCCN(C)C(=O)c1c(C)oc2ccc(O)cc12. The number of nitrogens with zero attached hydrogens (tertiary/aromatic N) is 1. The molecule has 1 heterocycles. The van der Waals surface area contributed by atoms with Gasteiger partial charge in [0.2, 0.25) is 0 Å². The molecule has 6 nitrogen and oxygen atoms in total. The van der Waals surface area contributed by atoms with Crippen molar-refractivity contribution in [3.63, 3.8) is 0 Å². The minimum atomic E-state index is -0.185. The van der Waals surface area contributed by atoms with Gasteiger partial charge < -0.3 is 23.9 Å². The molecule has 136 valence electrons. The highest BCUT2D eigenvalue weighted by Gasteiger charge is 2.21. The van der Waals surface area contributed by atoms with E-state index in [9.17, 15) is 9.90 Å². The molecule has 1 N–H and O–H groups in total. The summed E-state index contributed by atoms with van der Waals surface area (Å²) in [5, 5.41) is 10.3. The first-order chi connectivity index (χ1) is 12.5. The number of hydrogen-bond donors (Lipinski definition) is 1. The Balaban J connectivity index is 1.70. The average Bonchev–Trinajstić information content (AvgIpc) is 2.96. The van der Waals surface area contributed by atoms with Gasteiger partial charge in [0.15, 0.2) is 11.5 Å². The number of rotatable bonds is 6. The molecule has 0 unspecified atom stereocenters. The number of methoxy groups -OCH3 is 1. The first kappa shape index (κ1) is 17.7. The number of ether oxygens (including phenoxy) is 2. The van der Waals surface area contributed by atoms with Crippen molar-refractivity contribution in [2.45, 2.75) is 6.92 Å². The molecule has 0 aliphatic heterocycles. The number of hydrogen-bond acceptors (Lipinski definition) is 5. The Hall–Kier alpha value is -3.15. The third-order valence-corrected chi connectivity index (χ3v) is 4.16. The summed E-state index contributed by atoms with van der Waals surface area (Å²) >= 11 is 0. The van der Waals surface area contributed by atoms with Gasteiger partial charge in [0.25, 0.3) is 5.91 Å². The molecule has 26 heavy (non-hydrogen) atoms. The molecule has 0 saturated heterocycles. The summed E-state index contributed by atoms with van der Waals surface area (Å²) in [5.74, 6) is 1.71. The summed E-state index contributed by atoms with van der Waals surface area (Å²) in [4.78, 5) is 14.4. The standard InChI is InChI=1S/C20H21NO5/c1-13-19(15-12-14(22)8-9-16(15)26-13)20(23)21(2)10-11-25-18-7-5-4-6-17(18)24-3/h4-9,12,22H,10-11H2,1-3H3. The van der Waals surface area contributed by atoms with E-state index >= 15 is 0 Å². The molecule has 0 fully saturated rings. The lowest BCUT2D eigenvalue weighted by Crippen LogP contribution is -2.31. The fraction of sp³-hybridized carbons (Fsp3) is 0.250. The van der Waals surface area contributed by atoms with E-state index in [1.165, 1.54) is 12.1 Å². The second-order valence-corrected chi connectivity index (χ2v) is 5.94. The van der Waals surface area contributed by atoms with Crippen molar-refractivity contribution >= 4 is 16.9 Å². The zero-order valence-corrected chi connectivity index (χ0v) is 15.0. The maximum absolute atomic E-state index is 12.8. The van der Waals surface area contributed by atoms with Crippen molar-refractivity contribution in [3.8, 4) is 17.2 Å². The lowest BCUT2D eigenvalue weighted by Gasteiger charge is -2.18. The number of furan rings is 1. The van der Waals surface area contributed by atoms with Gasteiger partial charge >= 0.3 is 0 Å². The van der Waals surface area contributed by atoms with Crippen LogP contribution in [0, 0.1) is 6.92 Å². The van der Waals surface area contributed by atoms with E-state index in [0.29, 0.717) is 46.9 Å². The molecule has 6 heteroatoms. The number of carbonyl (C=O) groups excluding carboxylic acids is 1. The van der Waals surface area contributed by atoms with Crippen LogP contribution >= 0.6 is 0 Å². The number of likely N-dealkylation sites (N-methyl/N-ethyl adjacent to an activating group) is 1. The van der Waals surface area contributed by atoms with Gasteiger partial charge in [-0.15, -0.1) is 0 Å². The second kappa shape index (κ2) is 7.39. The van der Waals surface area contributed by atoms with Gasteiger partial charge in [-0.25, -0.2) is 0 Å². The predicted molar refractivity (Wildman–Crippen MR) is 98.1 cm³/mol. The normalized spacial score (nSPS) is 10.7. The molecular weight excluding hydrogens is 334 g/mol. The fourth-order valence-electron chi connectivity index (χ4n) is 2.80. The van der Waals surface area contributed by atoms with Gasteiger partial charge in [0.1, 0.15) is 23.7 Å². The van der Waals surface area contributed by atoms with E-state index in [1.54, 1.807) is 32.0 Å². The van der Waals surface area contributed by atoms with Crippen molar-refractivity contribution in [2.24, 2.45) is 0 Å². The van der Waals surface area contributed by atoms with E-state index in [-0.39, 0.29) is 11.7 Å². The van der Waals surface area contributed by atoms with Crippen molar-refractivity contribution < 1.29 is 23.8 Å². The monoisotopic (exact) mass is 355 g/mol. The van der Waals surface area contributed by atoms with Gasteiger partial charge in [-0.3, -0.25) is 4.79 Å². The van der Waals surface area contributed by atoms with Crippen molar-refractivity contribution in [2.75, 3.05) is 27.3 Å². The van der Waals surface area contributed by atoms with Gasteiger partial charge in [-0.2, -0.15) is 0 Å². The maximum Gasteiger partial charge on any atom is 0.257 e. The first-order valence-corrected chi connectivity index (χ1v) is 8.24. The van der Waals surface area contributed by atoms with Crippen LogP contribution in [0.1, 0.15) is 16.1 Å². The number of para-hydroxylation sites is 2. The number of amides is 1. The van der Waals surface area contributed by atoms with Gasteiger partial charge in [-0.05, 0) is 37.3 Å². The fourth-order valence-corrected chi connectivity index (χ4v) is 2.80. The van der Waals surface area contributed by atoms with Crippen LogP contribution in [0.5, 0.6) is 17.2 Å². The molecule has 3 rings (SSSR count). The van der Waals surface area contributed by atoms with Gasteiger partial charge in [0.05, 0.1) is 19.2 Å². The van der Waals surface area contributed by atoms with Crippen LogP contribution in [0.25, 0.3) is 11.0 Å². The highest BCUT2D eigenvalue weighted by atomic mass is 16.5. The third-order valence-electron chi connectivity index (χ3n) is 4.16. The minimum Gasteiger partial charge on any atom is -0.508 e. The van der Waals surface area contributed by atoms with E-state index < -0.39 is 0 Å². The van der Waals surface area contributed by atoms with E-state index in [4.69, 9.17) is 13.9 Å². The molecule has 1 amide bonds. The minimum absolute atomic E-state index is 0.0921. The number of phenolic OH excluding ortho intramolecular Hbond substituents is 1. The largest absolute Gasteiger partial charge is 0.508 e. The Labute approximate surface area is 151 Å². The van der Waals surface area contributed by atoms with Crippen molar-refractivity contribution in [1.29, 1.82) is 0 Å². The maximum atomic E-state index is 12.8. The molecule has 0 aliphatic rings. The molecule has 2 aromatic carbocycles. The molecule has 0 bridgehead atoms. The molecule has 0 spiro atoms. The predicted octanol–water partition coefficient (Wildman–Crippen LogP) is 3.61. The number of aromatic hydroxyl groups is 1. The Bertz CT molecular complexity index is 931. The second-order valence-electron chi connectivity index (χ2n) is 5.94. The van der Waals surface area contributed by atoms with Crippen LogP contribution in [-0.2, 0) is 0 Å². The zero-order valence-electron chi connectivity index (χ0n) is 15.0. The molecule has 0 radical (unpaired) electrons. The quantitative estimate of drug-likeness (QED) is 0.731. The molecule has 1 aromatic heterocycles. The lowest BCUT2D eigenvalue weighted by molar-refractivity contribution is 0.0773. The summed E-state index contributed by atoms with van der Waals surface area (Å²) < 4.78 is 16.6. The Morgan fingerprint density at radius 1 is 1.19 bits per heavy atom. The lowest BCUT2D eigenvalue weighted by atomic mass is 10.1. The Kier molecular flexibility index (Phi) is 5.02. The van der Waals surface area contributed by atoms with E-state index in [0.717, 1.165) is 0 Å². The van der Waals surface area contributed by atoms with Crippen molar-refractivity contribution in [3.05, 3.63) is 53.8 Å². The number of benzene rings is 2. The summed E-state index contributed by atoms with van der Waals surface area (Å²) in [7, 11) is 3.29. The smallest absolute Gasteiger partial charge is 0.257 e. The van der Waals surface area contributed by atoms with Crippen LogP contribution < -0.4 is 9.47 Å². The molecule has 3 aromatic rings. The average molecular weight is 355 g/mol. The van der Waals surface area contributed by atoms with Crippen LogP contribution in [0.15, 0.2) is 46.9 Å². The third kappa shape index (κ3) is 3.44. The topological polar surface area (TPSA) is 72.1 Å². The Morgan fingerprint density at radius 2 is 1.92 bits per heavy atom. The molecule has 0 atom stereocenters. The number of aryl methyl sites for hydroxylation is 1. The van der Waals surface area contributed by atoms with Crippen LogP contribution in [0.3, 0.4) is 0 Å². The highest BCUT2D eigenvalue weighted by molar-refractivity contribution is 6.07. The number of phenols is 1. The van der Waals surface area contributed by atoms with E-state index in [2.05, 4.69) is 0 Å². The van der Waals surface area contributed by atoms with Crippen LogP contribution in [0.4, 0.5) is 0 Å². The van der Waals surface area contributed by atoms with Gasteiger partial charge in [-0.1, -0.05) is 12.1 Å². The van der Waals surface area contributed by atoms with Gasteiger partial charge in [0, 0.05) is 12.4 Å². The van der Waals surface area contributed by atoms with Crippen LogP contribution in [0.2, 0.25) is 0 Å². The zero-order chi connectivity index (χ0) is 18.7. The molecule has 0 saturated carbocycles.